The van der Waals surface area contributed by atoms with Crippen LogP contribution in [0.25, 0.3) is 0 Å². The number of hydrogen-bond acceptors (Lipinski definition) is 3. The lowest BCUT2D eigenvalue weighted by molar-refractivity contribution is -0.125. The zero-order valence-electron chi connectivity index (χ0n) is 9.51. The van der Waals surface area contributed by atoms with Crippen molar-refractivity contribution in [2.45, 2.75) is 52.7 Å². The lowest BCUT2D eigenvalue weighted by atomic mass is 10.1. The average Bonchev–Trinajstić information content (AvgIpc) is 2.32. The van der Waals surface area contributed by atoms with E-state index in [0.29, 0.717) is 11.5 Å². The van der Waals surface area contributed by atoms with Gasteiger partial charge in [-0.1, -0.05) is 6.92 Å². The van der Waals surface area contributed by atoms with Gasteiger partial charge in [0.1, 0.15) is 11.4 Å². The first-order chi connectivity index (χ1) is 6.37. The molecule has 80 valence electrons. The number of hydrogen-bond donors (Lipinski definition) is 0. The molecule has 0 radical (unpaired) electrons. The number of carbonyl (C=O) groups is 1. The van der Waals surface area contributed by atoms with Crippen molar-refractivity contribution in [3.63, 3.8) is 0 Å². The molecule has 0 aromatic heterocycles. The summed E-state index contributed by atoms with van der Waals surface area (Å²) in [4.78, 5) is 11.6. The van der Waals surface area contributed by atoms with Gasteiger partial charge in [0, 0.05) is 0 Å². The molecule has 0 saturated carbocycles. The van der Waals surface area contributed by atoms with Gasteiger partial charge in [-0.25, -0.2) is 0 Å². The zero-order valence-corrected chi connectivity index (χ0v) is 9.51. The van der Waals surface area contributed by atoms with Crippen LogP contribution in [0.15, 0.2) is 11.5 Å². The number of carbonyl (C=O) groups excluding carboxylic acids is 1. The molecule has 0 aliphatic carbocycles. The predicted octanol–water partition coefficient (Wildman–Crippen LogP) is 2.41. The maximum Gasteiger partial charge on any atom is 0.240 e. The number of Topliss-reactive ketones (excluding diaryl/α,β-unsaturated/α-hetero) is 1. The molecule has 0 saturated heterocycles. The molecule has 0 aromatic carbocycles. The Morgan fingerprint density at radius 2 is 2.07 bits per heavy atom. The fourth-order valence-corrected chi connectivity index (χ4v) is 1.20. The van der Waals surface area contributed by atoms with Gasteiger partial charge in [-0.05, 0) is 34.1 Å². The first kappa shape index (κ1) is 11.1. The first-order valence-electron chi connectivity index (χ1n) is 4.98. The summed E-state index contributed by atoms with van der Waals surface area (Å²) in [5.74, 6) is 0.942. The fourth-order valence-electron chi connectivity index (χ4n) is 1.20. The van der Waals surface area contributed by atoms with Gasteiger partial charge in [0.15, 0.2) is 6.10 Å². The minimum Gasteiger partial charge on any atom is -0.483 e. The minimum atomic E-state index is -0.391. The Morgan fingerprint density at radius 3 is 2.43 bits per heavy atom. The summed E-state index contributed by atoms with van der Waals surface area (Å²) < 4.78 is 10.9. The SMILES string of the molecule is CCC(C)(C)OC1=C(C)OC(C)C1=O. The minimum absolute atomic E-state index is 0.0518. The van der Waals surface area contributed by atoms with Crippen LogP contribution in [0.1, 0.15) is 41.0 Å². The Balaban J connectivity index is 2.79. The summed E-state index contributed by atoms with van der Waals surface area (Å²) in [6.07, 6.45) is 0.462. The van der Waals surface area contributed by atoms with E-state index in [0.717, 1.165) is 6.42 Å². The van der Waals surface area contributed by atoms with Crippen LogP contribution < -0.4 is 0 Å². The van der Waals surface area contributed by atoms with Crippen LogP contribution in [0, 0.1) is 0 Å². The number of rotatable bonds is 3. The van der Waals surface area contributed by atoms with Gasteiger partial charge in [0.2, 0.25) is 11.5 Å². The Morgan fingerprint density at radius 1 is 1.50 bits per heavy atom. The van der Waals surface area contributed by atoms with Gasteiger partial charge < -0.3 is 9.47 Å². The lowest BCUT2D eigenvalue weighted by Crippen LogP contribution is -2.26. The average molecular weight is 198 g/mol. The summed E-state index contributed by atoms with van der Waals surface area (Å²) >= 11 is 0. The van der Waals surface area contributed by atoms with Crippen molar-refractivity contribution in [3.8, 4) is 0 Å². The molecule has 0 bridgehead atoms. The van der Waals surface area contributed by atoms with Gasteiger partial charge in [-0.15, -0.1) is 0 Å². The normalized spacial score (nSPS) is 22.6. The lowest BCUT2D eigenvalue weighted by Gasteiger charge is -2.24. The van der Waals surface area contributed by atoms with Crippen LogP contribution >= 0.6 is 0 Å². The van der Waals surface area contributed by atoms with E-state index in [1.807, 2.05) is 20.8 Å². The van der Waals surface area contributed by atoms with Crippen molar-refractivity contribution < 1.29 is 14.3 Å². The van der Waals surface area contributed by atoms with E-state index in [9.17, 15) is 4.79 Å². The molecule has 1 atom stereocenters. The molecular weight excluding hydrogens is 180 g/mol. The van der Waals surface area contributed by atoms with Crippen molar-refractivity contribution in [2.24, 2.45) is 0 Å². The van der Waals surface area contributed by atoms with E-state index in [1.165, 1.54) is 0 Å². The van der Waals surface area contributed by atoms with Crippen LogP contribution in [0.5, 0.6) is 0 Å². The maximum atomic E-state index is 11.6. The van der Waals surface area contributed by atoms with E-state index in [4.69, 9.17) is 9.47 Å². The molecule has 3 heteroatoms. The van der Waals surface area contributed by atoms with Crippen molar-refractivity contribution in [2.75, 3.05) is 0 Å². The molecule has 14 heavy (non-hydrogen) atoms. The molecular formula is C11H18O3. The molecule has 0 fully saturated rings. The molecule has 1 rings (SSSR count). The summed E-state index contributed by atoms with van der Waals surface area (Å²) in [6.45, 7) is 9.45. The molecule has 1 heterocycles. The third-order valence-corrected chi connectivity index (χ3v) is 2.50. The Kier molecular flexibility index (Phi) is 2.88. The topological polar surface area (TPSA) is 35.5 Å². The maximum absolute atomic E-state index is 11.6. The van der Waals surface area contributed by atoms with E-state index in [1.54, 1.807) is 13.8 Å². The van der Waals surface area contributed by atoms with Gasteiger partial charge in [-0.2, -0.15) is 0 Å². The summed E-state index contributed by atoms with van der Waals surface area (Å²) in [5, 5.41) is 0. The highest BCUT2D eigenvalue weighted by atomic mass is 16.6. The van der Waals surface area contributed by atoms with Crippen molar-refractivity contribution in [1.82, 2.24) is 0 Å². The van der Waals surface area contributed by atoms with Crippen molar-refractivity contribution >= 4 is 5.78 Å². The molecule has 0 amide bonds. The Labute approximate surface area is 85.1 Å². The van der Waals surface area contributed by atoms with Crippen LogP contribution in [-0.2, 0) is 14.3 Å². The molecule has 3 nitrogen and oxygen atoms in total. The standard InChI is InChI=1S/C11H18O3/c1-6-11(4,5)14-10-8(3)13-7(2)9(10)12/h7H,6H2,1-5H3. The van der Waals surface area contributed by atoms with Crippen LogP contribution in [0.2, 0.25) is 0 Å². The fraction of sp³-hybridized carbons (Fsp3) is 0.727. The Hall–Kier alpha value is -0.990. The summed E-state index contributed by atoms with van der Waals surface area (Å²) in [5.41, 5.74) is -0.306. The molecule has 0 spiro atoms. The highest BCUT2D eigenvalue weighted by Crippen LogP contribution is 2.27. The Bertz CT molecular complexity index is 276. The van der Waals surface area contributed by atoms with Gasteiger partial charge >= 0.3 is 0 Å². The van der Waals surface area contributed by atoms with E-state index in [2.05, 4.69) is 0 Å². The third-order valence-electron chi connectivity index (χ3n) is 2.50. The molecule has 1 aliphatic rings. The largest absolute Gasteiger partial charge is 0.483 e. The second-order valence-corrected chi connectivity index (χ2v) is 4.22. The summed E-state index contributed by atoms with van der Waals surface area (Å²) in [6, 6.07) is 0. The third kappa shape index (κ3) is 2.08. The van der Waals surface area contributed by atoms with E-state index < -0.39 is 6.10 Å². The number of ketones is 1. The molecule has 0 N–H and O–H groups in total. The van der Waals surface area contributed by atoms with Crippen LogP contribution in [0.3, 0.4) is 0 Å². The number of allylic oxidation sites excluding steroid dienone is 1. The van der Waals surface area contributed by atoms with Crippen LogP contribution in [0.4, 0.5) is 0 Å². The van der Waals surface area contributed by atoms with Crippen molar-refractivity contribution in [1.29, 1.82) is 0 Å². The predicted molar refractivity (Wildman–Crippen MR) is 53.7 cm³/mol. The molecule has 1 unspecified atom stereocenters. The summed E-state index contributed by atoms with van der Waals surface area (Å²) in [7, 11) is 0. The van der Waals surface area contributed by atoms with E-state index in [-0.39, 0.29) is 11.4 Å². The van der Waals surface area contributed by atoms with Gasteiger partial charge in [0.05, 0.1) is 0 Å². The monoisotopic (exact) mass is 198 g/mol. The molecule has 1 aliphatic heterocycles. The van der Waals surface area contributed by atoms with E-state index >= 15 is 0 Å². The second kappa shape index (κ2) is 3.64. The smallest absolute Gasteiger partial charge is 0.240 e. The second-order valence-electron chi connectivity index (χ2n) is 4.22. The van der Waals surface area contributed by atoms with Crippen LogP contribution in [-0.4, -0.2) is 17.5 Å². The van der Waals surface area contributed by atoms with Gasteiger partial charge in [0.25, 0.3) is 0 Å². The zero-order chi connectivity index (χ0) is 10.9. The quantitative estimate of drug-likeness (QED) is 0.698. The molecule has 0 aromatic rings. The van der Waals surface area contributed by atoms with Crippen molar-refractivity contribution in [3.05, 3.63) is 11.5 Å². The highest BCUT2D eigenvalue weighted by Gasteiger charge is 2.34. The highest BCUT2D eigenvalue weighted by molar-refractivity contribution is 5.99. The first-order valence-corrected chi connectivity index (χ1v) is 4.98. The van der Waals surface area contributed by atoms with Gasteiger partial charge in [-0.3, -0.25) is 4.79 Å². The number of ether oxygens (including phenoxy) is 2.